The van der Waals surface area contributed by atoms with Crippen LogP contribution >= 0.6 is 11.3 Å². The van der Waals surface area contributed by atoms with Crippen LogP contribution in [0, 0.1) is 0 Å². The van der Waals surface area contributed by atoms with Gasteiger partial charge in [0.2, 0.25) is 0 Å². The number of benzene rings is 1. The Bertz CT molecular complexity index is 934. The summed E-state index contributed by atoms with van der Waals surface area (Å²) in [6, 6.07) is 8.04. The van der Waals surface area contributed by atoms with Crippen molar-refractivity contribution in [1.82, 2.24) is 5.32 Å². The summed E-state index contributed by atoms with van der Waals surface area (Å²) in [6.07, 6.45) is 0.706. The second-order valence-corrected chi connectivity index (χ2v) is 8.93. The molecule has 1 aromatic carbocycles. The number of aliphatic carboxylic acids is 1. The SMILES string of the molecule is COc1cccc(C(C)(CC(=O)O)NC(=O)c2cc(S(C)(=O)=O)cs2)c1. The smallest absolute Gasteiger partial charge is 0.306 e. The fourth-order valence-electron chi connectivity index (χ4n) is 2.43. The molecule has 1 atom stereocenters. The fraction of sp³-hybridized carbons (Fsp3) is 0.294. The zero-order valence-electron chi connectivity index (χ0n) is 14.5. The number of nitrogens with one attached hydrogen (secondary N) is 1. The van der Waals surface area contributed by atoms with Crippen molar-refractivity contribution >= 4 is 33.1 Å². The average Bonchev–Trinajstić information content (AvgIpc) is 3.04. The number of carboxylic acids is 1. The van der Waals surface area contributed by atoms with Crippen LogP contribution in [0.15, 0.2) is 40.6 Å². The van der Waals surface area contributed by atoms with Crippen molar-refractivity contribution < 1.29 is 27.9 Å². The maximum absolute atomic E-state index is 12.6. The number of carboxylic acid groups (broad SMARTS) is 1. The van der Waals surface area contributed by atoms with Crippen molar-refractivity contribution in [3.05, 3.63) is 46.2 Å². The maximum atomic E-state index is 12.6. The highest BCUT2D eigenvalue weighted by Gasteiger charge is 2.32. The van der Waals surface area contributed by atoms with Gasteiger partial charge in [-0.25, -0.2) is 8.42 Å². The number of methoxy groups -OCH3 is 1. The van der Waals surface area contributed by atoms with Gasteiger partial charge in [-0.2, -0.15) is 0 Å². The molecule has 0 saturated heterocycles. The topological polar surface area (TPSA) is 110 Å². The Morgan fingerprint density at radius 2 is 2.00 bits per heavy atom. The van der Waals surface area contributed by atoms with Gasteiger partial charge in [0, 0.05) is 11.6 Å². The number of carbonyl (C=O) groups excluding carboxylic acids is 1. The summed E-state index contributed by atoms with van der Waals surface area (Å²) >= 11 is 0.984. The van der Waals surface area contributed by atoms with Crippen molar-refractivity contribution in [2.45, 2.75) is 23.8 Å². The predicted molar refractivity (Wildman–Crippen MR) is 97.5 cm³/mol. The van der Waals surface area contributed by atoms with Gasteiger partial charge in [0.05, 0.1) is 28.8 Å². The van der Waals surface area contributed by atoms with Crippen LogP contribution in [0.25, 0.3) is 0 Å². The van der Waals surface area contributed by atoms with E-state index in [-0.39, 0.29) is 16.2 Å². The first-order valence-corrected chi connectivity index (χ1v) is 10.3. The Morgan fingerprint density at radius 3 is 2.54 bits per heavy atom. The van der Waals surface area contributed by atoms with E-state index < -0.39 is 27.3 Å². The van der Waals surface area contributed by atoms with E-state index in [1.807, 2.05) is 0 Å². The summed E-state index contributed by atoms with van der Waals surface area (Å²) in [5, 5.41) is 13.4. The number of sulfone groups is 1. The lowest BCUT2D eigenvalue weighted by atomic mass is 9.88. The van der Waals surface area contributed by atoms with E-state index in [0.29, 0.717) is 11.3 Å². The standard InChI is InChI=1S/C17H19NO6S2/c1-17(9-15(19)20,11-5-4-6-12(7-11)24-2)18-16(21)14-8-13(10-25-14)26(3,22)23/h4-8,10H,9H2,1-3H3,(H,18,21)(H,19,20). The Morgan fingerprint density at radius 1 is 1.31 bits per heavy atom. The van der Waals surface area contributed by atoms with Gasteiger partial charge in [0.1, 0.15) is 5.75 Å². The fourth-order valence-corrected chi connectivity index (χ4v) is 4.35. The van der Waals surface area contributed by atoms with Crippen LogP contribution in [0.5, 0.6) is 5.75 Å². The molecule has 0 aliphatic heterocycles. The van der Waals surface area contributed by atoms with Crippen molar-refractivity contribution in [2.24, 2.45) is 0 Å². The van der Waals surface area contributed by atoms with Gasteiger partial charge in [0.15, 0.2) is 9.84 Å². The number of hydrogen-bond donors (Lipinski definition) is 2. The molecule has 1 heterocycles. The number of carbonyl (C=O) groups is 2. The van der Waals surface area contributed by atoms with Crippen LogP contribution in [0.2, 0.25) is 0 Å². The van der Waals surface area contributed by atoms with Crippen LogP contribution in [0.3, 0.4) is 0 Å². The Labute approximate surface area is 155 Å². The normalized spacial score (nSPS) is 13.7. The van der Waals surface area contributed by atoms with E-state index in [1.165, 1.54) is 18.6 Å². The third kappa shape index (κ3) is 4.61. The number of hydrogen-bond acceptors (Lipinski definition) is 6. The molecular formula is C17H19NO6S2. The molecular weight excluding hydrogens is 378 g/mol. The van der Waals surface area contributed by atoms with Crippen molar-refractivity contribution in [2.75, 3.05) is 13.4 Å². The first-order valence-electron chi connectivity index (χ1n) is 7.52. The molecule has 0 aliphatic carbocycles. The van der Waals surface area contributed by atoms with Gasteiger partial charge in [0.25, 0.3) is 5.91 Å². The highest BCUT2D eigenvalue weighted by Crippen LogP contribution is 2.29. The summed E-state index contributed by atoms with van der Waals surface area (Å²) < 4.78 is 28.3. The highest BCUT2D eigenvalue weighted by molar-refractivity contribution is 7.90. The quantitative estimate of drug-likeness (QED) is 0.742. The summed E-state index contributed by atoms with van der Waals surface area (Å²) in [5.74, 6) is -1.10. The number of amides is 1. The molecule has 0 spiro atoms. The zero-order valence-corrected chi connectivity index (χ0v) is 16.1. The Hall–Kier alpha value is -2.39. The largest absolute Gasteiger partial charge is 0.497 e. The summed E-state index contributed by atoms with van der Waals surface area (Å²) in [5.41, 5.74) is -0.639. The molecule has 2 N–H and O–H groups in total. The van der Waals surface area contributed by atoms with E-state index in [0.717, 1.165) is 17.6 Å². The predicted octanol–water partition coefficient (Wildman–Crippen LogP) is 2.28. The maximum Gasteiger partial charge on any atom is 0.306 e. The van der Waals surface area contributed by atoms with Crippen molar-refractivity contribution in [3.63, 3.8) is 0 Å². The molecule has 7 nitrogen and oxygen atoms in total. The molecule has 0 aliphatic rings. The lowest BCUT2D eigenvalue weighted by Crippen LogP contribution is -2.44. The van der Waals surface area contributed by atoms with Crippen LogP contribution < -0.4 is 10.1 Å². The Kier molecular flexibility index (Phi) is 5.72. The van der Waals surface area contributed by atoms with E-state index in [2.05, 4.69) is 5.32 Å². The third-order valence-electron chi connectivity index (χ3n) is 3.83. The van der Waals surface area contributed by atoms with Crippen LogP contribution in [-0.2, 0) is 20.2 Å². The summed E-state index contributed by atoms with van der Waals surface area (Å²) in [6.45, 7) is 1.60. The minimum Gasteiger partial charge on any atom is -0.497 e. The van der Waals surface area contributed by atoms with Crippen LogP contribution in [0.1, 0.15) is 28.6 Å². The molecule has 9 heteroatoms. The third-order valence-corrected chi connectivity index (χ3v) is 6.00. The minimum absolute atomic E-state index is 0.0500. The van der Waals surface area contributed by atoms with Crippen LogP contribution in [0.4, 0.5) is 0 Å². The molecule has 1 unspecified atom stereocenters. The van der Waals surface area contributed by atoms with Gasteiger partial charge >= 0.3 is 5.97 Å². The monoisotopic (exact) mass is 397 g/mol. The minimum atomic E-state index is -3.42. The number of thiophene rings is 1. The number of rotatable bonds is 7. The molecule has 2 rings (SSSR count). The molecule has 0 fully saturated rings. The number of ether oxygens (including phenoxy) is 1. The van der Waals surface area contributed by atoms with Crippen molar-refractivity contribution in [1.29, 1.82) is 0 Å². The lowest BCUT2D eigenvalue weighted by molar-refractivity contribution is -0.138. The molecule has 0 radical (unpaired) electrons. The van der Waals surface area contributed by atoms with E-state index in [9.17, 15) is 23.1 Å². The van der Waals surface area contributed by atoms with E-state index >= 15 is 0 Å². The second-order valence-electron chi connectivity index (χ2n) is 6.01. The highest BCUT2D eigenvalue weighted by atomic mass is 32.2. The molecule has 140 valence electrons. The van der Waals surface area contributed by atoms with Gasteiger partial charge in [-0.15, -0.1) is 11.3 Å². The van der Waals surface area contributed by atoms with Gasteiger partial charge in [-0.1, -0.05) is 12.1 Å². The Balaban J connectivity index is 2.36. The molecule has 1 amide bonds. The average molecular weight is 397 g/mol. The molecule has 26 heavy (non-hydrogen) atoms. The lowest BCUT2D eigenvalue weighted by Gasteiger charge is -2.30. The summed E-state index contributed by atoms with van der Waals surface area (Å²) in [7, 11) is -1.93. The molecule has 1 aromatic heterocycles. The molecule has 0 bridgehead atoms. The van der Waals surface area contributed by atoms with Gasteiger partial charge in [-0.3, -0.25) is 9.59 Å². The second kappa shape index (κ2) is 7.46. The zero-order chi connectivity index (χ0) is 19.5. The first-order chi connectivity index (χ1) is 12.0. The first kappa shape index (κ1) is 19.9. The molecule has 0 saturated carbocycles. The van der Waals surface area contributed by atoms with Gasteiger partial charge < -0.3 is 15.2 Å². The van der Waals surface area contributed by atoms with Crippen LogP contribution in [-0.4, -0.2) is 38.8 Å². The summed E-state index contributed by atoms with van der Waals surface area (Å²) in [4.78, 5) is 24.2. The van der Waals surface area contributed by atoms with Gasteiger partial charge in [-0.05, 0) is 30.7 Å². The van der Waals surface area contributed by atoms with E-state index in [1.54, 1.807) is 31.2 Å². The van der Waals surface area contributed by atoms with E-state index in [4.69, 9.17) is 4.74 Å². The van der Waals surface area contributed by atoms with Crippen molar-refractivity contribution in [3.8, 4) is 5.75 Å². The molecule has 2 aromatic rings.